The number of rotatable bonds is 4. The third-order valence-electron chi connectivity index (χ3n) is 3.48. The summed E-state index contributed by atoms with van der Waals surface area (Å²) >= 11 is 1.39. The number of aliphatic hydroxyl groups is 1. The summed E-state index contributed by atoms with van der Waals surface area (Å²) < 4.78 is 1.53. The summed E-state index contributed by atoms with van der Waals surface area (Å²) in [6.45, 7) is 3.72. The second-order valence-corrected chi connectivity index (χ2v) is 5.50. The number of hydrogen-bond donors (Lipinski definition) is 1. The molecule has 0 radical (unpaired) electrons. The molecule has 0 bridgehead atoms. The average Bonchev–Trinajstić information content (AvgIpc) is 2.99. The molecule has 0 spiro atoms. The number of aliphatic hydroxyl groups excluding tert-OH is 1. The van der Waals surface area contributed by atoms with Gasteiger partial charge in [-0.05, 0) is 4.92 Å². The van der Waals surface area contributed by atoms with E-state index in [2.05, 4.69) is 9.88 Å². The van der Waals surface area contributed by atoms with Crippen LogP contribution in [-0.4, -0.2) is 63.6 Å². The Morgan fingerprint density at radius 2 is 2.15 bits per heavy atom. The summed E-state index contributed by atoms with van der Waals surface area (Å²) in [5.74, 6) is 0.488. The van der Waals surface area contributed by atoms with Gasteiger partial charge in [-0.1, -0.05) is 11.3 Å². The number of imidazole rings is 1. The van der Waals surface area contributed by atoms with Crippen molar-refractivity contribution in [3.63, 3.8) is 0 Å². The summed E-state index contributed by atoms with van der Waals surface area (Å²) in [7, 11) is 0. The molecule has 2 aromatic rings. The van der Waals surface area contributed by atoms with Crippen molar-refractivity contribution in [1.29, 1.82) is 0 Å². The first-order chi connectivity index (χ1) is 9.70. The Labute approximate surface area is 119 Å². The van der Waals surface area contributed by atoms with Crippen LogP contribution in [0.15, 0.2) is 11.6 Å². The Bertz CT molecular complexity index is 617. The lowest BCUT2D eigenvalue weighted by atomic mass is 10.3. The molecule has 1 N–H and O–H groups in total. The predicted octanol–water partition coefficient (Wildman–Crippen LogP) is 0.418. The highest BCUT2D eigenvalue weighted by Crippen LogP contribution is 2.31. The van der Waals surface area contributed by atoms with Crippen molar-refractivity contribution in [2.45, 2.75) is 0 Å². The quantitative estimate of drug-likeness (QED) is 0.650. The van der Waals surface area contributed by atoms with Crippen LogP contribution >= 0.6 is 11.3 Å². The van der Waals surface area contributed by atoms with Crippen molar-refractivity contribution >= 4 is 27.9 Å². The lowest BCUT2D eigenvalue weighted by Gasteiger charge is -2.34. The zero-order valence-electron chi connectivity index (χ0n) is 10.8. The molecule has 8 nitrogen and oxygen atoms in total. The van der Waals surface area contributed by atoms with E-state index in [0.29, 0.717) is 30.4 Å². The Morgan fingerprint density at radius 3 is 2.80 bits per heavy atom. The van der Waals surface area contributed by atoms with Crippen LogP contribution in [0.4, 0.5) is 11.6 Å². The molecular weight excluding hydrogens is 282 g/mol. The van der Waals surface area contributed by atoms with E-state index in [1.807, 2.05) is 4.90 Å². The third kappa shape index (κ3) is 2.23. The minimum Gasteiger partial charge on any atom is -0.395 e. The number of hydrogen-bond acceptors (Lipinski definition) is 7. The summed E-state index contributed by atoms with van der Waals surface area (Å²) in [5.41, 5.74) is 0. The van der Waals surface area contributed by atoms with E-state index in [1.165, 1.54) is 15.7 Å². The number of anilines is 1. The molecule has 1 aliphatic heterocycles. The Hall–Kier alpha value is -1.71. The Kier molecular flexibility index (Phi) is 3.55. The second kappa shape index (κ2) is 5.35. The van der Waals surface area contributed by atoms with Gasteiger partial charge in [0.2, 0.25) is 5.82 Å². The zero-order chi connectivity index (χ0) is 14.1. The van der Waals surface area contributed by atoms with Crippen LogP contribution in [0.5, 0.6) is 0 Å². The van der Waals surface area contributed by atoms with Crippen LogP contribution in [0.25, 0.3) is 4.96 Å². The van der Waals surface area contributed by atoms with Crippen molar-refractivity contribution < 1.29 is 10.0 Å². The van der Waals surface area contributed by atoms with E-state index in [1.54, 1.807) is 11.6 Å². The standard InChI is InChI=1S/C11H15N5O3S/c17-7-5-13-1-3-14(4-2-13)9-10(16(18)19)15-6-8-20-11(15)12-9/h6,8,17H,1-5,7H2. The molecule has 0 saturated carbocycles. The lowest BCUT2D eigenvalue weighted by Crippen LogP contribution is -2.47. The van der Waals surface area contributed by atoms with Crippen molar-refractivity contribution in [3.8, 4) is 0 Å². The minimum absolute atomic E-state index is 0.0388. The molecule has 1 saturated heterocycles. The van der Waals surface area contributed by atoms with Crippen molar-refractivity contribution in [2.75, 3.05) is 44.2 Å². The molecule has 108 valence electrons. The molecule has 1 aliphatic rings. The van der Waals surface area contributed by atoms with E-state index in [4.69, 9.17) is 5.11 Å². The molecule has 0 aliphatic carbocycles. The summed E-state index contributed by atoms with van der Waals surface area (Å²) in [6.07, 6.45) is 1.68. The SMILES string of the molecule is O=[N+]([O-])c1c(N2CCN(CCO)CC2)nc2sccn12. The summed E-state index contributed by atoms with van der Waals surface area (Å²) in [4.78, 5) is 20.0. The second-order valence-electron chi connectivity index (χ2n) is 4.62. The lowest BCUT2D eigenvalue weighted by molar-refractivity contribution is -0.389. The molecule has 3 rings (SSSR count). The number of piperazine rings is 1. The normalized spacial score (nSPS) is 16.9. The van der Waals surface area contributed by atoms with Gasteiger partial charge in [-0.2, -0.15) is 9.38 Å². The van der Waals surface area contributed by atoms with Gasteiger partial charge in [-0.15, -0.1) is 0 Å². The van der Waals surface area contributed by atoms with Gasteiger partial charge in [0.1, 0.15) is 6.20 Å². The molecule has 20 heavy (non-hydrogen) atoms. The third-order valence-corrected chi connectivity index (χ3v) is 4.24. The van der Waals surface area contributed by atoms with Crippen LogP contribution in [0.3, 0.4) is 0 Å². The number of aromatic nitrogens is 2. The van der Waals surface area contributed by atoms with Gasteiger partial charge in [0, 0.05) is 38.1 Å². The maximum absolute atomic E-state index is 11.3. The van der Waals surface area contributed by atoms with Gasteiger partial charge >= 0.3 is 5.82 Å². The first kappa shape index (κ1) is 13.3. The molecule has 2 aromatic heterocycles. The molecular formula is C11H15N5O3S. The van der Waals surface area contributed by atoms with E-state index >= 15 is 0 Å². The fraction of sp³-hybridized carbons (Fsp3) is 0.545. The number of nitrogens with zero attached hydrogens (tertiary/aromatic N) is 5. The zero-order valence-corrected chi connectivity index (χ0v) is 11.6. The van der Waals surface area contributed by atoms with Crippen molar-refractivity contribution in [2.24, 2.45) is 0 Å². The Morgan fingerprint density at radius 1 is 1.40 bits per heavy atom. The van der Waals surface area contributed by atoms with Crippen LogP contribution in [-0.2, 0) is 0 Å². The topological polar surface area (TPSA) is 87.2 Å². The Balaban J connectivity index is 1.85. The number of fused-ring (bicyclic) bond motifs is 1. The average molecular weight is 297 g/mol. The maximum atomic E-state index is 11.3. The molecule has 0 unspecified atom stereocenters. The van der Waals surface area contributed by atoms with Crippen LogP contribution in [0.2, 0.25) is 0 Å². The highest BCUT2D eigenvalue weighted by Gasteiger charge is 2.29. The number of thiazole rings is 1. The molecule has 1 fully saturated rings. The smallest absolute Gasteiger partial charge is 0.373 e. The van der Waals surface area contributed by atoms with E-state index in [9.17, 15) is 10.1 Å². The van der Waals surface area contributed by atoms with E-state index in [-0.39, 0.29) is 17.3 Å². The molecule has 0 aromatic carbocycles. The van der Waals surface area contributed by atoms with Gasteiger partial charge in [-0.25, -0.2) is 0 Å². The maximum Gasteiger partial charge on any atom is 0.373 e. The summed E-state index contributed by atoms with van der Waals surface area (Å²) in [6, 6.07) is 0. The van der Waals surface area contributed by atoms with Crippen LogP contribution in [0.1, 0.15) is 0 Å². The number of nitro groups is 1. The monoisotopic (exact) mass is 297 g/mol. The van der Waals surface area contributed by atoms with Gasteiger partial charge in [0.25, 0.3) is 4.96 Å². The molecule has 3 heterocycles. The van der Waals surface area contributed by atoms with Gasteiger partial charge in [-0.3, -0.25) is 4.90 Å². The number of β-amino-alcohol motifs (C(OH)–C–C–N with tert-alkyl or cyclic N) is 1. The highest BCUT2D eigenvalue weighted by molar-refractivity contribution is 7.15. The first-order valence-electron chi connectivity index (χ1n) is 6.39. The molecule has 0 amide bonds. The molecule has 9 heteroatoms. The van der Waals surface area contributed by atoms with E-state index in [0.717, 1.165) is 13.1 Å². The fourth-order valence-corrected chi connectivity index (χ4v) is 3.17. The summed E-state index contributed by atoms with van der Waals surface area (Å²) in [5, 5.41) is 22.0. The van der Waals surface area contributed by atoms with Gasteiger partial charge in [0.05, 0.1) is 6.61 Å². The van der Waals surface area contributed by atoms with Crippen LogP contribution < -0.4 is 4.90 Å². The minimum atomic E-state index is -0.373. The fourth-order valence-electron chi connectivity index (χ4n) is 2.47. The van der Waals surface area contributed by atoms with Gasteiger partial charge < -0.3 is 20.1 Å². The largest absolute Gasteiger partial charge is 0.395 e. The molecule has 0 atom stereocenters. The van der Waals surface area contributed by atoms with Crippen LogP contribution in [0, 0.1) is 10.1 Å². The van der Waals surface area contributed by atoms with Crippen molar-refractivity contribution in [1.82, 2.24) is 14.3 Å². The van der Waals surface area contributed by atoms with E-state index < -0.39 is 0 Å². The van der Waals surface area contributed by atoms with Crippen molar-refractivity contribution in [3.05, 3.63) is 21.7 Å². The predicted molar refractivity (Wildman–Crippen MR) is 75.5 cm³/mol. The first-order valence-corrected chi connectivity index (χ1v) is 7.27. The van der Waals surface area contributed by atoms with Gasteiger partial charge in [0.15, 0.2) is 0 Å². The highest BCUT2D eigenvalue weighted by atomic mass is 32.1.